The van der Waals surface area contributed by atoms with Crippen molar-refractivity contribution in [3.8, 4) is 5.75 Å². The van der Waals surface area contributed by atoms with Gasteiger partial charge in [0.1, 0.15) is 11.8 Å². The minimum atomic E-state index is -1.04. The van der Waals surface area contributed by atoms with E-state index in [9.17, 15) is 14.4 Å². The van der Waals surface area contributed by atoms with Crippen LogP contribution in [0.15, 0.2) is 24.3 Å². The molecule has 0 heterocycles. The summed E-state index contributed by atoms with van der Waals surface area (Å²) in [6.45, 7) is 9.13. The maximum absolute atomic E-state index is 12.6. The van der Waals surface area contributed by atoms with Crippen molar-refractivity contribution in [1.82, 2.24) is 10.6 Å². The van der Waals surface area contributed by atoms with Gasteiger partial charge in [-0.1, -0.05) is 39.8 Å². The summed E-state index contributed by atoms with van der Waals surface area (Å²) in [4.78, 5) is 35.2. The highest BCUT2D eigenvalue weighted by Gasteiger charge is 2.25. The van der Waals surface area contributed by atoms with Gasteiger partial charge in [0.05, 0.1) is 6.04 Å². The number of ether oxygens (including phenoxy) is 1. The molecule has 0 aliphatic carbocycles. The summed E-state index contributed by atoms with van der Waals surface area (Å²) in [5.74, 6) is -0.784. The zero-order valence-electron chi connectivity index (χ0n) is 16.6. The van der Waals surface area contributed by atoms with E-state index in [-0.39, 0.29) is 29.7 Å². The Hall–Kier alpha value is -2.57. The van der Waals surface area contributed by atoms with Gasteiger partial charge in [-0.3, -0.25) is 9.59 Å². The SMILES string of the molecule is CC(C)CC(=O)NC(C(=O)NC(C)c1ccc(OCC(=O)O)cc1)C(C)C. The number of carbonyl (C=O) groups excluding carboxylic acids is 2. The molecule has 2 unspecified atom stereocenters. The van der Waals surface area contributed by atoms with Crippen LogP contribution in [0.2, 0.25) is 0 Å². The van der Waals surface area contributed by atoms with E-state index in [1.54, 1.807) is 24.3 Å². The highest BCUT2D eigenvalue weighted by molar-refractivity contribution is 5.88. The van der Waals surface area contributed by atoms with E-state index in [4.69, 9.17) is 9.84 Å². The van der Waals surface area contributed by atoms with Crippen LogP contribution in [0.1, 0.15) is 52.6 Å². The fraction of sp³-hybridized carbons (Fsp3) is 0.550. The Balaban J connectivity index is 2.69. The van der Waals surface area contributed by atoms with Crippen molar-refractivity contribution in [3.63, 3.8) is 0 Å². The van der Waals surface area contributed by atoms with E-state index >= 15 is 0 Å². The van der Waals surface area contributed by atoms with Crippen LogP contribution >= 0.6 is 0 Å². The molecule has 150 valence electrons. The second-order valence-electron chi connectivity index (χ2n) is 7.37. The maximum atomic E-state index is 12.6. The maximum Gasteiger partial charge on any atom is 0.341 e. The average Bonchev–Trinajstić information content (AvgIpc) is 2.57. The van der Waals surface area contributed by atoms with Crippen molar-refractivity contribution in [2.45, 2.75) is 53.1 Å². The number of carboxylic acid groups (broad SMARTS) is 1. The van der Waals surface area contributed by atoms with Crippen LogP contribution in [0, 0.1) is 11.8 Å². The Labute approximate surface area is 160 Å². The van der Waals surface area contributed by atoms with Crippen LogP contribution in [0.5, 0.6) is 5.75 Å². The first-order chi connectivity index (χ1) is 12.6. The van der Waals surface area contributed by atoms with Crippen molar-refractivity contribution in [3.05, 3.63) is 29.8 Å². The molecule has 0 saturated carbocycles. The van der Waals surface area contributed by atoms with Gasteiger partial charge in [0.2, 0.25) is 11.8 Å². The number of aliphatic carboxylic acids is 1. The molecule has 0 aromatic heterocycles. The number of carbonyl (C=O) groups is 3. The smallest absolute Gasteiger partial charge is 0.341 e. The predicted molar refractivity (Wildman–Crippen MR) is 102 cm³/mol. The fourth-order valence-corrected chi connectivity index (χ4v) is 2.52. The van der Waals surface area contributed by atoms with E-state index in [1.165, 1.54) is 0 Å². The van der Waals surface area contributed by atoms with Gasteiger partial charge in [0, 0.05) is 6.42 Å². The molecule has 0 radical (unpaired) electrons. The lowest BCUT2D eigenvalue weighted by molar-refractivity contribution is -0.139. The molecule has 2 amide bonds. The van der Waals surface area contributed by atoms with Crippen molar-refractivity contribution < 1.29 is 24.2 Å². The number of hydrogen-bond donors (Lipinski definition) is 3. The number of amides is 2. The van der Waals surface area contributed by atoms with Gasteiger partial charge >= 0.3 is 5.97 Å². The van der Waals surface area contributed by atoms with Gasteiger partial charge < -0.3 is 20.5 Å². The molecule has 2 atom stereocenters. The topological polar surface area (TPSA) is 105 Å². The third-order valence-corrected chi connectivity index (χ3v) is 3.96. The van der Waals surface area contributed by atoms with Crippen LogP contribution in [0.25, 0.3) is 0 Å². The first-order valence-electron chi connectivity index (χ1n) is 9.14. The molecule has 0 aliphatic heterocycles. The number of rotatable bonds is 10. The summed E-state index contributed by atoms with van der Waals surface area (Å²) < 4.78 is 5.09. The minimum Gasteiger partial charge on any atom is -0.482 e. The standard InChI is InChI=1S/C20H30N2O5/c1-12(2)10-17(23)22-19(13(3)4)20(26)21-14(5)15-6-8-16(9-7-15)27-11-18(24)25/h6-9,12-14,19H,10-11H2,1-5H3,(H,21,26)(H,22,23)(H,24,25). The zero-order chi connectivity index (χ0) is 20.6. The molecule has 0 aliphatic rings. The van der Waals surface area contributed by atoms with Gasteiger partial charge in [-0.2, -0.15) is 0 Å². The van der Waals surface area contributed by atoms with E-state index in [0.29, 0.717) is 12.2 Å². The van der Waals surface area contributed by atoms with Crippen LogP contribution in [0.3, 0.4) is 0 Å². The van der Waals surface area contributed by atoms with Crippen molar-refractivity contribution in [2.75, 3.05) is 6.61 Å². The molecule has 27 heavy (non-hydrogen) atoms. The summed E-state index contributed by atoms with van der Waals surface area (Å²) >= 11 is 0. The normalized spacial score (nSPS) is 13.1. The summed E-state index contributed by atoms with van der Waals surface area (Å²) in [5, 5.41) is 14.4. The van der Waals surface area contributed by atoms with Crippen LogP contribution in [0.4, 0.5) is 0 Å². The Morgan fingerprint density at radius 2 is 1.59 bits per heavy atom. The summed E-state index contributed by atoms with van der Waals surface area (Å²) in [6, 6.07) is 5.98. The quantitative estimate of drug-likeness (QED) is 0.580. The molecule has 7 nitrogen and oxygen atoms in total. The van der Waals surface area contributed by atoms with Gasteiger partial charge in [-0.15, -0.1) is 0 Å². The number of hydrogen-bond acceptors (Lipinski definition) is 4. The van der Waals surface area contributed by atoms with Crippen LogP contribution in [-0.4, -0.2) is 35.5 Å². The molecule has 0 fully saturated rings. The number of nitrogens with one attached hydrogen (secondary N) is 2. The molecule has 1 aromatic carbocycles. The third-order valence-electron chi connectivity index (χ3n) is 3.96. The Kier molecular flexibility index (Phi) is 8.78. The van der Waals surface area contributed by atoms with Gasteiger partial charge in [-0.25, -0.2) is 4.79 Å². The Morgan fingerprint density at radius 1 is 1.00 bits per heavy atom. The minimum absolute atomic E-state index is 0.0416. The molecular weight excluding hydrogens is 348 g/mol. The summed E-state index contributed by atoms with van der Waals surface area (Å²) in [6.07, 6.45) is 0.379. The van der Waals surface area contributed by atoms with Crippen LogP contribution in [-0.2, 0) is 14.4 Å². The molecule has 1 aromatic rings. The molecule has 0 saturated heterocycles. The number of benzene rings is 1. The number of carboxylic acids is 1. The average molecular weight is 378 g/mol. The van der Waals surface area contributed by atoms with E-state index in [2.05, 4.69) is 10.6 Å². The van der Waals surface area contributed by atoms with E-state index in [1.807, 2.05) is 34.6 Å². The van der Waals surface area contributed by atoms with Gasteiger partial charge in [0.25, 0.3) is 0 Å². The second kappa shape index (κ2) is 10.5. The van der Waals surface area contributed by atoms with E-state index in [0.717, 1.165) is 5.56 Å². The molecule has 1 rings (SSSR count). The predicted octanol–water partition coefficient (Wildman–Crippen LogP) is 2.51. The fourth-order valence-electron chi connectivity index (χ4n) is 2.52. The summed E-state index contributed by atoms with van der Waals surface area (Å²) in [5.41, 5.74) is 0.849. The molecule has 7 heteroatoms. The first-order valence-corrected chi connectivity index (χ1v) is 9.14. The van der Waals surface area contributed by atoms with Gasteiger partial charge in [-0.05, 0) is 36.5 Å². The molecule has 3 N–H and O–H groups in total. The van der Waals surface area contributed by atoms with Crippen molar-refractivity contribution in [2.24, 2.45) is 11.8 Å². The lowest BCUT2D eigenvalue weighted by atomic mass is 10.0. The van der Waals surface area contributed by atoms with Crippen molar-refractivity contribution in [1.29, 1.82) is 0 Å². The lowest BCUT2D eigenvalue weighted by Crippen LogP contribution is -2.50. The molecule has 0 spiro atoms. The molecule has 0 bridgehead atoms. The first kappa shape index (κ1) is 22.5. The largest absolute Gasteiger partial charge is 0.482 e. The zero-order valence-corrected chi connectivity index (χ0v) is 16.6. The van der Waals surface area contributed by atoms with Crippen molar-refractivity contribution >= 4 is 17.8 Å². The van der Waals surface area contributed by atoms with Crippen LogP contribution < -0.4 is 15.4 Å². The highest BCUT2D eigenvalue weighted by Crippen LogP contribution is 2.18. The van der Waals surface area contributed by atoms with Gasteiger partial charge in [0.15, 0.2) is 6.61 Å². The second-order valence-corrected chi connectivity index (χ2v) is 7.37. The lowest BCUT2D eigenvalue weighted by Gasteiger charge is -2.24. The molecular formula is C20H30N2O5. The summed E-state index contributed by atoms with van der Waals surface area (Å²) in [7, 11) is 0. The Bertz CT molecular complexity index is 640. The third kappa shape index (κ3) is 8.11. The monoisotopic (exact) mass is 378 g/mol. The van der Waals surface area contributed by atoms with E-state index < -0.39 is 18.6 Å². The highest BCUT2D eigenvalue weighted by atomic mass is 16.5. The Morgan fingerprint density at radius 3 is 2.07 bits per heavy atom.